The smallest absolute Gasteiger partial charge is 0.245 e. The first-order chi connectivity index (χ1) is 7.40. The molecule has 2 atom stereocenters. The average molecular weight is 372 g/mol. The van der Waals surface area contributed by atoms with Gasteiger partial charge in [-0.05, 0) is 40.8 Å². The van der Waals surface area contributed by atoms with E-state index in [4.69, 9.17) is 0 Å². The van der Waals surface area contributed by atoms with Gasteiger partial charge in [0.15, 0.2) is 5.50 Å². The largest absolute Gasteiger partial charge is 0.357 e. The van der Waals surface area contributed by atoms with Crippen molar-refractivity contribution in [2.24, 2.45) is 0 Å². The minimum absolute atomic E-state index is 0.195. The van der Waals surface area contributed by atoms with Gasteiger partial charge in [-0.3, -0.25) is 4.21 Å². The van der Waals surface area contributed by atoms with Crippen LogP contribution in [0, 0.1) is 3.57 Å². The Morgan fingerprint density at radius 3 is 2.75 bits per heavy atom. The Hall–Kier alpha value is -0.190. The molecule has 0 amide bonds. The number of rotatable bonds is 1. The van der Waals surface area contributed by atoms with E-state index in [1.54, 1.807) is 18.2 Å². The Bertz CT molecular complexity index is 558. The van der Waals surface area contributed by atoms with Gasteiger partial charge in [0.1, 0.15) is 4.90 Å². The highest BCUT2D eigenvalue weighted by atomic mass is 127. The van der Waals surface area contributed by atoms with Crippen LogP contribution in [0.15, 0.2) is 23.1 Å². The average Bonchev–Trinajstić information content (AvgIpc) is 2.18. The molecule has 0 radical (unpaired) electrons. The Morgan fingerprint density at radius 2 is 2.12 bits per heavy atom. The number of hydrogen-bond acceptors (Lipinski definition) is 4. The summed E-state index contributed by atoms with van der Waals surface area (Å²) >= 11 is 2.04. The molecule has 1 aliphatic rings. The van der Waals surface area contributed by atoms with E-state index in [-0.39, 0.29) is 4.90 Å². The Balaban J connectivity index is 2.56. The van der Waals surface area contributed by atoms with Crippen LogP contribution in [0.5, 0.6) is 0 Å². The van der Waals surface area contributed by atoms with Gasteiger partial charge in [0, 0.05) is 9.83 Å². The fourth-order valence-electron chi connectivity index (χ4n) is 1.36. The fraction of sp³-hybridized carbons (Fsp3) is 0.250. The monoisotopic (exact) mass is 372 g/mol. The molecule has 2 rings (SSSR count). The second kappa shape index (κ2) is 4.24. The van der Waals surface area contributed by atoms with Crippen LogP contribution in [-0.2, 0) is 20.8 Å². The van der Waals surface area contributed by atoms with Crippen molar-refractivity contribution >= 4 is 49.1 Å². The third kappa shape index (κ3) is 2.24. The normalized spacial score (nSPS) is 24.2. The number of nitrogens with one attached hydrogen (secondary N) is 2. The number of benzene rings is 1. The maximum atomic E-state index is 11.9. The molecule has 0 saturated carbocycles. The molecule has 1 aromatic rings. The van der Waals surface area contributed by atoms with E-state index in [9.17, 15) is 12.6 Å². The fourth-order valence-corrected chi connectivity index (χ4v) is 4.45. The van der Waals surface area contributed by atoms with E-state index < -0.39 is 26.3 Å². The van der Waals surface area contributed by atoms with Crippen LogP contribution in [-0.4, -0.2) is 24.4 Å². The highest BCUT2D eigenvalue weighted by molar-refractivity contribution is 14.1. The van der Waals surface area contributed by atoms with Crippen LogP contribution < -0.4 is 10.0 Å². The van der Waals surface area contributed by atoms with E-state index in [0.717, 1.165) is 3.57 Å². The van der Waals surface area contributed by atoms with Crippen LogP contribution >= 0.6 is 22.6 Å². The van der Waals surface area contributed by atoms with Crippen LogP contribution in [0.4, 0.5) is 5.69 Å². The Kier molecular flexibility index (Phi) is 3.25. The van der Waals surface area contributed by atoms with Gasteiger partial charge in [0.2, 0.25) is 10.0 Å². The maximum absolute atomic E-state index is 11.9. The van der Waals surface area contributed by atoms with E-state index in [1.807, 2.05) is 22.6 Å². The molecule has 1 heterocycles. The van der Waals surface area contributed by atoms with E-state index in [2.05, 4.69) is 10.0 Å². The van der Waals surface area contributed by atoms with Gasteiger partial charge in [0.05, 0.1) is 16.5 Å². The molecule has 2 unspecified atom stereocenters. The summed E-state index contributed by atoms with van der Waals surface area (Å²) in [7, 11) is -4.88. The van der Waals surface area contributed by atoms with Gasteiger partial charge in [-0.2, -0.15) is 4.72 Å². The molecule has 0 fully saturated rings. The highest BCUT2D eigenvalue weighted by Crippen LogP contribution is 2.27. The molecule has 2 N–H and O–H groups in total. The van der Waals surface area contributed by atoms with E-state index >= 15 is 0 Å². The van der Waals surface area contributed by atoms with Gasteiger partial charge >= 0.3 is 0 Å². The van der Waals surface area contributed by atoms with Gasteiger partial charge < -0.3 is 5.32 Å². The lowest BCUT2D eigenvalue weighted by molar-refractivity contribution is 0.575. The summed E-state index contributed by atoms with van der Waals surface area (Å²) in [5, 5.41) is 2.89. The van der Waals surface area contributed by atoms with Gasteiger partial charge in [-0.15, -0.1) is 0 Å². The molecule has 8 heteroatoms. The Morgan fingerprint density at radius 1 is 1.44 bits per heavy atom. The molecule has 0 aromatic heterocycles. The number of anilines is 1. The molecule has 1 aromatic carbocycles. The molecule has 1 aliphatic heterocycles. The minimum atomic E-state index is -3.57. The molecule has 88 valence electrons. The first kappa shape index (κ1) is 12.3. The molecular weight excluding hydrogens is 363 g/mol. The quantitative estimate of drug-likeness (QED) is 0.711. The SMILES string of the molecule is CS(=O)C1Nc2ccc(I)cc2S(=O)(=O)N1. The minimum Gasteiger partial charge on any atom is -0.357 e. The standard InChI is InChI=1S/C8H9IN2O3S2/c1-15(12)8-10-6-3-2-5(9)4-7(6)16(13,14)11-8/h2-4,8,10-11H,1H3. The highest BCUT2D eigenvalue weighted by Gasteiger charge is 2.30. The van der Waals surface area contributed by atoms with Gasteiger partial charge in [-0.1, -0.05) is 0 Å². The van der Waals surface area contributed by atoms with Crippen molar-refractivity contribution in [3.05, 3.63) is 21.8 Å². The number of sulfonamides is 1. The zero-order valence-corrected chi connectivity index (χ0v) is 12.0. The lowest BCUT2D eigenvalue weighted by Gasteiger charge is -2.26. The Labute approximate surface area is 110 Å². The zero-order valence-electron chi connectivity index (χ0n) is 8.23. The second-order valence-electron chi connectivity index (χ2n) is 3.28. The third-order valence-electron chi connectivity index (χ3n) is 2.11. The summed E-state index contributed by atoms with van der Waals surface area (Å²) in [6, 6.07) is 5.04. The molecule has 0 bridgehead atoms. The number of fused-ring (bicyclic) bond motifs is 1. The van der Waals surface area contributed by atoms with Crippen molar-refractivity contribution in [2.75, 3.05) is 11.6 Å². The van der Waals surface area contributed by atoms with Gasteiger partial charge in [0.25, 0.3) is 0 Å². The van der Waals surface area contributed by atoms with Crippen molar-refractivity contribution in [3.8, 4) is 0 Å². The van der Waals surface area contributed by atoms with Crippen molar-refractivity contribution in [1.29, 1.82) is 0 Å². The lowest BCUT2D eigenvalue weighted by atomic mass is 10.3. The van der Waals surface area contributed by atoms with Crippen molar-refractivity contribution in [2.45, 2.75) is 10.4 Å². The summed E-state index contributed by atoms with van der Waals surface area (Å²) in [6.07, 6.45) is 1.44. The third-order valence-corrected chi connectivity index (χ3v) is 5.30. The summed E-state index contributed by atoms with van der Waals surface area (Å²) in [5.74, 6) is 0. The van der Waals surface area contributed by atoms with Crippen LogP contribution in [0.25, 0.3) is 0 Å². The zero-order chi connectivity index (χ0) is 11.9. The predicted molar refractivity (Wildman–Crippen MR) is 71.0 cm³/mol. The second-order valence-corrected chi connectivity index (χ2v) is 7.68. The molecule has 16 heavy (non-hydrogen) atoms. The molecule has 5 nitrogen and oxygen atoms in total. The first-order valence-corrected chi connectivity index (χ1v) is 8.49. The first-order valence-electron chi connectivity index (χ1n) is 4.31. The topological polar surface area (TPSA) is 75.3 Å². The summed E-state index contributed by atoms with van der Waals surface area (Å²) in [5.41, 5.74) is -0.281. The van der Waals surface area contributed by atoms with E-state index in [1.165, 1.54) is 6.26 Å². The molecule has 0 saturated heterocycles. The van der Waals surface area contributed by atoms with Crippen molar-refractivity contribution in [3.63, 3.8) is 0 Å². The van der Waals surface area contributed by atoms with Crippen molar-refractivity contribution < 1.29 is 12.6 Å². The summed E-state index contributed by atoms with van der Waals surface area (Å²) < 4.78 is 38.2. The maximum Gasteiger partial charge on any atom is 0.245 e. The van der Waals surface area contributed by atoms with Crippen molar-refractivity contribution in [1.82, 2.24) is 4.72 Å². The van der Waals surface area contributed by atoms with Gasteiger partial charge in [-0.25, -0.2) is 8.42 Å². The molecule has 0 spiro atoms. The summed E-state index contributed by atoms with van der Waals surface area (Å²) in [6.45, 7) is 0. The van der Waals surface area contributed by atoms with E-state index in [0.29, 0.717) is 5.69 Å². The van der Waals surface area contributed by atoms with Crippen LogP contribution in [0.1, 0.15) is 0 Å². The molecule has 0 aliphatic carbocycles. The predicted octanol–water partition coefficient (Wildman–Crippen LogP) is 0.657. The van der Waals surface area contributed by atoms with Crippen LogP contribution in [0.2, 0.25) is 0 Å². The number of hydrogen-bond donors (Lipinski definition) is 2. The number of halogens is 1. The molecular formula is C8H9IN2O3S2. The van der Waals surface area contributed by atoms with Crippen LogP contribution in [0.3, 0.4) is 0 Å². The lowest BCUT2D eigenvalue weighted by Crippen LogP contribution is -2.47. The summed E-state index contributed by atoms with van der Waals surface area (Å²) in [4.78, 5) is 0.195.